The SMILES string of the molecule is NC(=O)c1nc(F)cc(C(F)F)c1[N+](=O)[O-]. The lowest BCUT2D eigenvalue weighted by atomic mass is 10.1. The summed E-state index contributed by atoms with van der Waals surface area (Å²) < 4.78 is 37.4. The fraction of sp³-hybridized carbons (Fsp3) is 0.143. The molecule has 2 N–H and O–H groups in total. The van der Waals surface area contributed by atoms with E-state index in [0.29, 0.717) is 0 Å². The molecule has 6 nitrogen and oxygen atoms in total. The van der Waals surface area contributed by atoms with Gasteiger partial charge in [-0.15, -0.1) is 0 Å². The zero-order valence-electron chi connectivity index (χ0n) is 7.49. The molecule has 9 heteroatoms. The van der Waals surface area contributed by atoms with Gasteiger partial charge in [-0.1, -0.05) is 0 Å². The summed E-state index contributed by atoms with van der Waals surface area (Å²) in [5.41, 5.74) is 1.04. The van der Waals surface area contributed by atoms with E-state index >= 15 is 0 Å². The summed E-state index contributed by atoms with van der Waals surface area (Å²) >= 11 is 0. The van der Waals surface area contributed by atoms with E-state index in [0.717, 1.165) is 0 Å². The van der Waals surface area contributed by atoms with E-state index in [4.69, 9.17) is 0 Å². The van der Waals surface area contributed by atoms with Gasteiger partial charge in [-0.2, -0.15) is 4.39 Å². The highest BCUT2D eigenvalue weighted by molar-refractivity contribution is 5.95. The van der Waals surface area contributed by atoms with Gasteiger partial charge in [-0.25, -0.2) is 13.8 Å². The molecule has 0 radical (unpaired) electrons. The van der Waals surface area contributed by atoms with E-state index in [1.54, 1.807) is 0 Å². The van der Waals surface area contributed by atoms with Gasteiger partial charge >= 0.3 is 5.69 Å². The van der Waals surface area contributed by atoms with Gasteiger partial charge in [0.1, 0.15) is 5.56 Å². The Morgan fingerprint density at radius 3 is 2.50 bits per heavy atom. The number of nitrogens with zero attached hydrogens (tertiary/aromatic N) is 2. The van der Waals surface area contributed by atoms with Crippen LogP contribution in [-0.4, -0.2) is 15.8 Å². The number of rotatable bonds is 3. The van der Waals surface area contributed by atoms with Crippen LogP contribution in [-0.2, 0) is 0 Å². The van der Waals surface area contributed by atoms with Crippen molar-refractivity contribution in [3.8, 4) is 0 Å². The number of amides is 1. The van der Waals surface area contributed by atoms with Crippen LogP contribution in [0, 0.1) is 16.1 Å². The summed E-state index contributed by atoms with van der Waals surface area (Å²) in [5, 5.41) is 10.5. The lowest BCUT2D eigenvalue weighted by Crippen LogP contribution is -2.17. The summed E-state index contributed by atoms with van der Waals surface area (Å²) in [7, 11) is 0. The van der Waals surface area contributed by atoms with Gasteiger partial charge in [0.15, 0.2) is 0 Å². The summed E-state index contributed by atoms with van der Waals surface area (Å²) in [6.07, 6.45) is -3.31. The van der Waals surface area contributed by atoms with Crippen molar-refractivity contribution >= 4 is 11.6 Å². The molecule has 0 atom stereocenters. The van der Waals surface area contributed by atoms with Crippen LogP contribution in [0.3, 0.4) is 0 Å². The van der Waals surface area contributed by atoms with Crippen molar-refractivity contribution in [3.05, 3.63) is 33.4 Å². The van der Waals surface area contributed by atoms with Gasteiger partial charge in [0.05, 0.1) is 4.92 Å². The molecule has 0 saturated carbocycles. The first-order chi connectivity index (χ1) is 7.34. The summed E-state index contributed by atoms with van der Waals surface area (Å²) in [5.74, 6) is -2.89. The average Bonchev–Trinajstić information content (AvgIpc) is 2.15. The second-order valence-electron chi connectivity index (χ2n) is 2.65. The second kappa shape index (κ2) is 4.13. The predicted octanol–water partition coefficient (Wildman–Crippen LogP) is 1.17. The van der Waals surface area contributed by atoms with E-state index in [-0.39, 0.29) is 6.07 Å². The van der Waals surface area contributed by atoms with E-state index in [2.05, 4.69) is 10.7 Å². The van der Waals surface area contributed by atoms with Gasteiger partial charge in [-0.3, -0.25) is 14.9 Å². The van der Waals surface area contributed by atoms with Gasteiger partial charge in [-0.05, 0) is 0 Å². The maximum absolute atomic E-state index is 12.7. The third-order valence-corrected chi connectivity index (χ3v) is 1.64. The monoisotopic (exact) mass is 235 g/mol. The number of aromatic nitrogens is 1. The van der Waals surface area contributed by atoms with Crippen LogP contribution < -0.4 is 5.73 Å². The smallest absolute Gasteiger partial charge is 0.309 e. The average molecular weight is 235 g/mol. The molecular weight excluding hydrogens is 231 g/mol. The van der Waals surface area contributed by atoms with Crippen molar-refractivity contribution < 1.29 is 22.9 Å². The third kappa shape index (κ3) is 2.07. The third-order valence-electron chi connectivity index (χ3n) is 1.64. The Kier molecular flexibility index (Phi) is 3.06. The lowest BCUT2D eigenvalue weighted by molar-refractivity contribution is -0.386. The molecule has 0 spiro atoms. The highest BCUT2D eigenvalue weighted by atomic mass is 19.3. The number of nitrogens with two attached hydrogens (primary N) is 1. The number of pyridine rings is 1. The molecule has 0 aromatic carbocycles. The molecule has 1 heterocycles. The van der Waals surface area contributed by atoms with Crippen molar-refractivity contribution in [1.82, 2.24) is 4.98 Å². The minimum atomic E-state index is -3.31. The molecule has 0 saturated heterocycles. The molecule has 1 aromatic heterocycles. The highest BCUT2D eigenvalue weighted by Crippen LogP contribution is 2.31. The van der Waals surface area contributed by atoms with Crippen LogP contribution in [0.25, 0.3) is 0 Å². The molecule has 86 valence electrons. The van der Waals surface area contributed by atoms with Gasteiger partial charge in [0.25, 0.3) is 12.3 Å². The van der Waals surface area contributed by atoms with Crippen molar-refractivity contribution in [2.75, 3.05) is 0 Å². The number of hydrogen-bond acceptors (Lipinski definition) is 4. The Balaban J connectivity index is 3.60. The molecular formula is C7H4F3N3O3. The molecule has 0 fully saturated rings. The molecule has 0 unspecified atom stereocenters. The van der Waals surface area contributed by atoms with E-state index in [1.165, 1.54) is 0 Å². The Morgan fingerprint density at radius 2 is 2.12 bits per heavy atom. The Hall–Kier alpha value is -2.19. The first-order valence-corrected chi connectivity index (χ1v) is 3.77. The fourth-order valence-electron chi connectivity index (χ4n) is 1.06. The van der Waals surface area contributed by atoms with Crippen LogP contribution in [0.4, 0.5) is 18.9 Å². The van der Waals surface area contributed by atoms with Crippen molar-refractivity contribution in [2.24, 2.45) is 5.73 Å². The minimum absolute atomic E-state index is 0.190. The quantitative estimate of drug-likeness (QED) is 0.482. The maximum Gasteiger partial charge on any atom is 0.309 e. The molecule has 0 aliphatic carbocycles. The van der Waals surface area contributed by atoms with Crippen LogP contribution in [0.5, 0.6) is 0 Å². The second-order valence-corrected chi connectivity index (χ2v) is 2.65. The van der Waals surface area contributed by atoms with Crippen LogP contribution in [0.2, 0.25) is 0 Å². The predicted molar refractivity (Wildman–Crippen MR) is 44.3 cm³/mol. The fourth-order valence-corrected chi connectivity index (χ4v) is 1.06. The standard InChI is InChI=1S/C7H4F3N3O3/c8-3-1-2(6(9)10)5(13(15)16)4(12-3)7(11)14/h1,6H,(H2,11,14). The van der Waals surface area contributed by atoms with Crippen molar-refractivity contribution in [1.29, 1.82) is 0 Å². The molecule has 16 heavy (non-hydrogen) atoms. The van der Waals surface area contributed by atoms with Gasteiger partial charge in [0, 0.05) is 6.07 Å². The number of carbonyl (C=O) groups excluding carboxylic acids is 1. The van der Waals surface area contributed by atoms with Crippen molar-refractivity contribution in [2.45, 2.75) is 6.43 Å². The highest BCUT2D eigenvalue weighted by Gasteiger charge is 2.30. The normalized spacial score (nSPS) is 10.5. The first kappa shape index (κ1) is 11.9. The Bertz CT molecular complexity index is 464. The zero-order chi connectivity index (χ0) is 12.5. The Labute approximate surface area is 86.0 Å². The van der Waals surface area contributed by atoms with Crippen LogP contribution >= 0.6 is 0 Å². The largest absolute Gasteiger partial charge is 0.364 e. The molecule has 1 aromatic rings. The van der Waals surface area contributed by atoms with E-state index < -0.39 is 40.1 Å². The zero-order valence-corrected chi connectivity index (χ0v) is 7.49. The number of halogens is 3. The lowest BCUT2D eigenvalue weighted by Gasteiger charge is -2.04. The molecule has 0 bridgehead atoms. The van der Waals surface area contributed by atoms with E-state index in [1.807, 2.05) is 0 Å². The molecule has 1 amide bonds. The van der Waals surface area contributed by atoms with Gasteiger partial charge < -0.3 is 5.73 Å². The van der Waals surface area contributed by atoms with Gasteiger partial charge in [0.2, 0.25) is 11.6 Å². The molecule has 0 aliphatic rings. The number of alkyl halides is 2. The number of nitro groups is 1. The number of carbonyl (C=O) groups is 1. The topological polar surface area (TPSA) is 99.1 Å². The maximum atomic E-state index is 12.7. The first-order valence-electron chi connectivity index (χ1n) is 3.77. The summed E-state index contributed by atoms with van der Waals surface area (Å²) in [4.78, 5) is 22.7. The van der Waals surface area contributed by atoms with Crippen LogP contribution in [0.15, 0.2) is 6.07 Å². The summed E-state index contributed by atoms with van der Waals surface area (Å²) in [6, 6.07) is 0.190. The van der Waals surface area contributed by atoms with Crippen LogP contribution in [0.1, 0.15) is 22.5 Å². The minimum Gasteiger partial charge on any atom is -0.364 e. The summed E-state index contributed by atoms with van der Waals surface area (Å²) in [6.45, 7) is 0. The van der Waals surface area contributed by atoms with E-state index in [9.17, 15) is 28.1 Å². The Morgan fingerprint density at radius 1 is 1.56 bits per heavy atom. The van der Waals surface area contributed by atoms with Crippen molar-refractivity contribution in [3.63, 3.8) is 0 Å². The number of primary amides is 1. The molecule has 1 rings (SSSR count). The molecule has 0 aliphatic heterocycles. The number of hydrogen-bond donors (Lipinski definition) is 1.